The molecule has 2 bridgehead atoms. The lowest BCUT2D eigenvalue weighted by Gasteiger charge is -2.39. The normalized spacial score (nSPS) is 27.2. The monoisotopic (exact) mass is 341 g/mol. The third-order valence-corrected chi connectivity index (χ3v) is 5.15. The summed E-state index contributed by atoms with van der Waals surface area (Å²) >= 11 is 0. The van der Waals surface area contributed by atoms with Gasteiger partial charge in [-0.05, 0) is 53.4 Å². The Bertz CT molecular complexity index is 466. The topological polar surface area (TPSA) is 65.1 Å². The zero-order valence-corrected chi connectivity index (χ0v) is 15.8. The number of piperidine rings is 1. The van der Waals surface area contributed by atoms with E-state index in [1.165, 1.54) is 0 Å². The molecule has 2 unspecified atom stereocenters. The van der Waals surface area contributed by atoms with Crippen molar-refractivity contribution < 1.29 is 23.8 Å². The van der Waals surface area contributed by atoms with Gasteiger partial charge in [0.2, 0.25) is 0 Å². The van der Waals surface area contributed by atoms with Crippen molar-refractivity contribution in [3.8, 4) is 0 Å². The molecule has 2 aliphatic heterocycles. The maximum atomic E-state index is 12.7. The summed E-state index contributed by atoms with van der Waals surface area (Å²) in [7, 11) is 3.09. The van der Waals surface area contributed by atoms with Crippen LogP contribution in [0.2, 0.25) is 0 Å². The summed E-state index contributed by atoms with van der Waals surface area (Å²) in [5.74, 6) is -0.758. The van der Waals surface area contributed by atoms with Crippen molar-refractivity contribution >= 4 is 11.9 Å². The van der Waals surface area contributed by atoms with Crippen LogP contribution < -0.4 is 0 Å². The number of carbonyl (C=O) groups excluding carboxylic acids is 2. The Morgan fingerprint density at radius 2 is 1.50 bits per heavy atom. The molecule has 2 heterocycles. The lowest BCUT2D eigenvalue weighted by Crippen LogP contribution is -2.50. The van der Waals surface area contributed by atoms with Crippen LogP contribution in [-0.2, 0) is 19.0 Å². The van der Waals surface area contributed by atoms with Gasteiger partial charge in [-0.1, -0.05) is 0 Å². The second-order valence-corrected chi connectivity index (χ2v) is 8.13. The van der Waals surface area contributed by atoms with Crippen LogP contribution in [0.1, 0.15) is 59.8 Å². The summed E-state index contributed by atoms with van der Waals surface area (Å²) in [6.45, 7) is 7.40. The summed E-state index contributed by atoms with van der Waals surface area (Å²) in [5, 5.41) is 0. The zero-order valence-electron chi connectivity index (χ0n) is 15.8. The highest BCUT2D eigenvalue weighted by Crippen LogP contribution is 2.40. The fourth-order valence-corrected chi connectivity index (χ4v) is 3.74. The Morgan fingerprint density at radius 1 is 1.00 bits per heavy atom. The first kappa shape index (κ1) is 19.2. The van der Waals surface area contributed by atoms with E-state index in [4.69, 9.17) is 14.2 Å². The number of Topliss-reactive ketones (excluding diaryl/α,β-unsaturated/α-hetero) is 1. The van der Waals surface area contributed by atoms with E-state index in [0.717, 1.165) is 12.8 Å². The maximum absolute atomic E-state index is 12.7. The molecule has 6 heteroatoms. The van der Waals surface area contributed by atoms with Crippen LogP contribution in [0.15, 0.2) is 0 Å². The summed E-state index contributed by atoms with van der Waals surface area (Å²) < 4.78 is 16.1. The Balaban J connectivity index is 2.00. The van der Waals surface area contributed by atoms with Gasteiger partial charge in [-0.2, -0.15) is 0 Å². The number of methoxy groups -OCH3 is 2. The molecule has 0 saturated carbocycles. The molecule has 2 rings (SSSR count). The maximum Gasteiger partial charge on any atom is 0.410 e. The van der Waals surface area contributed by atoms with Crippen molar-refractivity contribution in [3.05, 3.63) is 0 Å². The average molecular weight is 341 g/mol. The van der Waals surface area contributed by atoms with Crippen molar-refractivity contribution in [3.63, 3.8) is 0 Å². The van der Waals surface area contributed by atoms with Gasteiger partial charge in [0.05, 0.1) is 6.42 Å². The van der Waals surface area contributed by atoms with E-state index >= 15 is 0 Å². The van der Waals surface area contributed by atoms with Gasteiger partial charge in [0.1, 0.15) is 11.4 Å². The molecular weight excluding hydrogens is 310 g/mol. The first-order chi connectivity index (χ1) is 11.1. The number of hydrogen-bond acceptors (Lipinski definition) is 5. The summed E-state index contributed by atoms with van der Waals surface area (Å²) in [4.78, 5) is 27.0. The fourth-order valence-electron chi connectivity index (χ4n) is 3.74. The second kappa shape index (κ2) is 7.00. The van der Waals surface area contributed by atoms with E-state index in [-0.39, 0.29) is 36.3 Å². The molecule has 2 fully saturated rings. The third kappa shape index (κ3) is 4.28. The molecule has 1 amide bonds. The Hall–Kier alpha value is -1.14. The summed E-state index contributed by atoms with van der Waals surface area (Å²) in [6.07, 6.45) is 3.28. The van der Waals surface area contributed by atoms with Gasteiger partial charge in [-0.15, -0.1) is 0 Å². The van der Waals surface area contributed by atoms with Crippen LogP contribution in [0, 0.1) is 5.92 Å². The van der Waals surface area contributed by atoms with Gasteiger partial charge in [-0.3, -0.25) is 4.79 Å². The van der Waals surface area contributed by atoms with Crippen molar-refractivity contribution in [2.75, 3.05) is 14.2 Å². The highest BCUT2D eigenvalue weighted by Gasteiger charge is 2.47. The van der Waals surface area contributed by atoms with Gasteiger partial charge in [0.15, 0.2) is 5.79 Å². The molecule has 0 aromatic rings. The lowest BCUT2D eigenvalue weighted by atomic mass is 9.85. The summed E-state index contributed by atoms with van der Waals surface area (Å²) in [6, 6.07) is 0.202. The van der Waals surface area contributed by atoms with Crippen LogP contribution in [0.25, 0.3) is 0 Å². The minimum absolute atomic E-state index is 0.0363. The highest BCUT2D eigenvalue weighted by atomic mass is 16.7. The molecule has 0 N–H and O–H groups in total. The third-order valence-electron chi connectivity index (χ3n) is 5.15. The van der Waals surface area contributed by atoms with Gasteiger partial charge < -0.3 is 19.1 Å². The van der Waals surface area contributed by atoms with Crippen molar-refractivity contribution in [2.24, 2.45) is 5.92 Å². The number of rotatable bonds is 5. The van der Waals surface area contributed by atoms with Gasteiger partial charge in [-0.25, -0.2) is 4.79 Å². The van der Waals surface area contributed by atoms with E-state index in [9.17, 15) is 9.59 Å². The largest absolute Gasteiger partial charge is 0.444 e. The Morgan fingerprint density at radius 3 is 1.92 bits per heavy atom. The molecule has 0 aromatic carbocycles. The highest BCUT2D eigenvalue weighted by molar-refractivity contribution is 5.82. The smallest absolute Gasteiger partial charge is 0.410 e. The minimum Gasteiger partial charge on any atom is -0.444 e. The molecule has 6 nitrogen and oxygen atoms in total. The van der Waals surface area contributed by atoms with Crippen LogP contribution in [-0.4, -0.2) is 54.5 Å². The number of nitrogens with zero attached hydrogens (tertiary/aromatic N) is 1. The predicted octanol–water partition coefficient (Wildman–Crippen LogP) is 3.13. The molecule has 2 saturated heterocycles. The van der Waals surface area contributed by atoms with Crippen molar-refractivity contribution in [2.45, 2.75) is 83.3 Å². The van der Waals surface area contributed by atoms with Crippen LogP contribution in [0.3, 0.4) is 0 Å². The van der Waals surface area contributed by atoms with Crippen molar-refractivity contribution in [1.29, 1.82) is 0 Å². The molecule has 2 aliphatic rings. The molecule has 0 aliphatic carbocycles. The molecule has 0 aromatic heterocycles. The fraction of sp³-hybridized carbons (Fsp3) is 0.889. The number of hydrogen-bond donors (Lipinski definition) is 0. The molecular formula is C18H31NO5. The quantitative estimate of drug-likeness (QED) is 0.719. The molecule has 0 spiro atoms. The van der Waals surface area contributed by atoms with Gasteiger partial charge >= 0.3 is 6.09 Å². The van der Waals surface area contributed by atoms with Crippen molar-refractivity contribution in [1.82, 2.24) is 4.90 Å². The number of amides is 1. The molecule has 0 radical (unpaired) electrons. The number of carbonyl (C=O) groups is 2. The number of ether oxygens (including phenoxy) is 3. The first-order valence-corrected chi connectivity index (χ1v) is 8.73. The van der Waals surface area contributed by atoms with Crippen LogP contribution >= 0.6 is 0 Å². The average Bonchev–Trinajstić information content (AvgIpc) is 2.75. The van der Waals surface area contributed by atoms with E-state index in [2.05, 4.69) is 0 Å². The molecule has 2 atom stereocenters. The second-order valence-electron chi connectivity index (χ2n) is 8.13. The predicted molar refractivity (Wildman–Crippen MR) is 89.7 cm³/mol. The van der Waals surface area contributed by atoms with E-state index < -0.39 is 11.4 Å². The van der Waals surface area contributed by atoms with Gasteiger partial charge in [0, 0.05) is 32.2 Å². The Kier molecular flexibility index (Phi) is 5.60. The minimum atomic E-state index is -0.877. The van der Waals surface area contributed by atoms with Gasteiger partial charge in [0.25, 0.3) is 0 Å². The first-order valence-electron chi connectivity index (χ1n) is 8.73. The lowest BCUT2D eigenvalue weighted by molar-refractivity contribution is -0.199. The SMILES string of the molecule is COC(C)(CC(=O)C1CC2CCC(C1)N2C(=O)OC(C)(C)C)OC. The summed E-state index contributed by atoms with van der Waals surface area (Å²) in [5.41, 5.74) is -0.498. The van der Waals surface area contributed by atoms with E-state index in [1.54, 1.807) is 21.1 Å². The molecule has 138 valence electrons. The van der Waals surface area contributed by atoms with E-state index in [0.29, 0.717) is 12.8 Å². The van der Waals surface area contributed by atoms with Crippen LogP contribution in [0.5, 0.6) is 0 Å². The number of fused-ring (bicyclic) bond motifs is 2. The number of ketones is 1. The molecule has 24 heavy (non-hydrogen) atoms. The standard InChI is InChI=1S/C18H31NO5/c1-17(2,3)24-16(21)19-13-7-8-14(19)10-12(9-13)15(20)11-18(4,22-5)23-6/h12-14H,7-11H2,1-6H3. The Labute approximate surface area is 144 Å². The van der Waals surface area contributed by atoms with E-state index in [1.807, 2.05) is 25.7 Å². The zero-order chi connectivity index (χ0) is 18.1. The van der Waals surface area contributed by atoms with Crippen LogP contribution in [0.4, 0.5) is 4.79 Å².